The van der Waals surface area contributed by atoms with Gasteiger partial charge in [0.25, 0.3) is 0 Å². The molecule has 0 aromatic heterocycles. The minimum Gasteiger partial charge on any atom is -0.481 e. The van der Waals surface area contributed by atoms with Gasteiger partial charge in [-0.25, -0.2) is 0 Å². The fourth-order valence-electron chi connectivity index (χ4n) is 7.15. The first kappa shape index (κ1) is 41.7. The maximum Gasteiger partial charge on any atom is 0.373 e. The molecule has 5 aliphatic rings. The molecule has 3 aliphatic carbocycles. The normalized spacial score (nSPS) is 29.5. The number of nitrogens with two attached hydrogens (primary N) is 1. The highest BCUT2D eigenvalue weighted by Gasteiger charge is 2.31. The number of carbonyl (C=O) groups excluding carboxylic acids is 2. The van der Waals surface area contributed by atoms with E-state index in [-0.39, 0.29) is 36.2 Å². The van der Waals surface area contributed by atoms with Crippen LogP contribution in [0.25, 0.3) is 0 Å². The number of carboxylic acid groups (broad SMARTS) is 1. The Bertz CT molecular complexity index is 906. The molecule has 0 atom stereocenters. The first-order chi connectivity index (χ1) is 22.0. The van der Waals surface area contributed by atoms with Crippen molar-refractivity contribution in [3.63, 3.8) is 0 Å². The fourth-order valence-corrected chi connectivity index (χ4v) is 7.15. The lowest BCUT2D eigenvalue weighted by Gasteiger charge is -2.34. The van der Waals surface area contributed by atoms with Crippen LogP contribution in [-0.4, -0.2) is 128 Å². The summed E-state index contributed by atoms with van der Waals surface area (Å²) in [5.41, 5.74) is 5.83. The molecule has 0 aromatic carbocycles. The molecule has 270 valence electrons. The van der Waals surface area contributed by atoms with E-state index < -0.39 is 20.1 Å². The van der Waals surface area contributed by atoms with Gasteiger partial charge in [-0.3, -0.25) is 14.4 Å². The summed E-state index contributed by atoms with van der Waals surface area (Å²) in [6.45, 7) is 9.16. The predicted octanol–water partition coefficient (Wildman–Crippen LogP) is 1.22. The Morgan fingerprint density at radius 3 is 1.26 bits per heavy atom. The monoisotopic (exact) mass is 687 g/mol. The summed E-state index contributed by atoms with van der Waals surface area (Å²) >= 11 is 0. The van der Waals surface area contributed by atoms with E-state index in [0.29, 0.717) is 50.3 Å². The van der Waals surface area contributed by atoms with Gasteiger partial charge in [0.1, 0.15) is 0 Å². The number of morpholine rings is 2. The van der Waals surface area contributed by atoms with E-state index in [1.165, 1.54) is 0 Å². The number of amides is 2. The molecular formula is C31H60B2ClN5O8. The zero-order valence-electron chi connectivity index (χ0n) is 28.5. The number of ether oxygens (including phenoxy) is 2. The van der Waals surface area contributed by atoms with Gasteiger partial charge in [0.15, 0.2) is 0 Å². The Morgan fingerprint density at radius 2 is 0.936 bits per heavy atom. The van der Waals surface area contributed by atoms with Crippen molar-refractivity contribution in [3.05, 3.63) is 0 Å². The SMILES string of the molecule is CB(O)NC1CCC(C(=O)N2CCOCC2)CC1.CB(O)NC1CCC(C(=O)O)CC1.Cl.NC1CCC(C(=O)N2CCOCC2)CC1. The number of hydrogen-bond donors (Lipinski definition) is 6. The lowest BCUT2D eigenvalue weighted by atomic mass is 9.80. The van der Waals surface area contributed by atoms with E-state index >= 15 is 0 Å². The molecule has 16 heteroatoms. The maximum atomic E-state index is 12.3. The van der Waals surface area contributed by atoms with Crippen molar-refractivity contribution in [3.8, 4) is 0 Å². The molecule has 2 saturated heterocycles. The lowest BCUT2D eigenvalue weighted by molar-refractivity contribution is -0.143. The second-order valence-corrected chi connectivity index (χ2v) is 13.6. The van der Waals surface area contributed by atoms with Gasteiger partial charge in [-0.15, -0.1) is 12.4 Å². The average Bonchev–Trinajstić information content (AvgIpc) is 3.06. The van der Waals surface area contributed by atoms with Crippen LogP contribution in [0.3, 0.4) is 0 Å². The lowest BCUT2D eigenvalue weighted by Crippen LogP contribution is -2.47. The summed E-state index contributed by atoms with van der Waals surface area (Å²) in [7, 11) is -0.951. The summed E-state index contributed by atoms with van der Waals surface area (Å²) in [5, 5.41) is 33.2. The van der Waals surface area contributed by atoms with Gasteiger partial charge in [0.2, 0.25) is 11.8 Å². The van der Waals surface area contributed by atoms with Crippen LogP contribution in [0.2, 0.25) is 13.6 Å². The smallest absolute Gasteiger partial charge is 0.373 e. The van der Waals surface area contributed by atoms with Crippen molar-refractivity contribution < 1.29 is 39.0 Å². The highest BCUT2D eigenvalue weighted by Crippen LogP contribution is 2.27. The molecule has 13 nitrogen and oxygen atoms in total. The van der Waals surface area contributed by atoms with E-state index in [1.807, 2.05) is 9.80 Å². The van der Waals surface area contributed by atoms with Crippen molar-refractivity contribution >= 4 is 44.3 Å². The van der Waals surface area contributed by atoms with Gasteiger partial charge in [-0.05, 0) is 103 Å². The number of nitrogens with one attached hydrogen (secondary N) is 2. The Hall–Kier alpha value is -1.45. The molecule has 5 fully saturated rings. The third-order valence-corrected chi connectivity index (χ3v) is 9.87. The van der Waals surface area contributed by atoms with E-state index in [4.69, 9.17) is 25.3 Å². The van der Waals surface area contributed by atoms with Crippen molar-refractivity contribution in [1.29, 1.82) is 0 Å². The zero-order chi connectivity index (χ0) is 33.5. The number of hydrogen-bond acceptors (Lipinski definition) is 10. The second-order valence-electron chi connectivity index (χ2n) is 13.6. The quantitative estimate of drug-likeness (QED) is 0.211. The minimum atomic E-state index is -0.685. The third-order valence-electron chi connectivity index (χ3n) is 9.87. The second kappa shape index (κ2) is 22.3. The van der Waals surface area contributed by atoms with Crippen LogP contribution in [0.5, 0.6) is 0 Å². The van der Waals surface area contributed by atoms with Crippen LogP contribution in [0, 0.1) is 17.8 Å². The van der Waals surface area contributed by atoms with Crippen LogP contribution in [0.1, 0.15) is 77.0 Å². The number of carbonyl (C=O) groups is 3. The number of rotatable bonds is 7. The molecule has 0 aromatic rings. The number of aliphatic carboxylic acids is 1. The van der Waals surface area contributed by atoms with Gasteiger partial charge in [-0.2, -0.15) is 0 Å². The summed E-state index contributed by atoms with van der Waals surface area (Å²) in [6, 6.07) is 0.966. The van der Waals surface area contributed by atoms with Crippen LogP contribution in [0.4, 0.5) is 0 Å². The molecule has 47 heavy (non-hydrogen) atoms. The van der Waals surface area contributed by atoms with Gasteiger partial charge in [-0.1, -0.05) is 0 Å². The Kier molecular flexibility index (Phi) is 19.8. The number of nitrogens with zero attached hydrogens (tertiary/aromatic N) is 2. The first-order valence-electron chi connectivity index (χ1n) is 17.6. The molecular weight excluding hydrogens is 627 g/mol. The topological polar surface area (TPSA) is 187 Å². The van der Waals surface area contributed by atoms with E-state index in [2.05, 4.69) is 10.5 Å². The Morgan fingerprint density at radius 1 is 0.617 bits per heavy atom. The summed E-state index contributed by atoms with van der Waals surface area (Å²) in [4.78, 5) is 38.9. The zero-order valence-corrected chi connectivity index (χ0v) is 29.3. The number of halogens is 1. The highest BCUT2D eigenvalue weighted by molar-refractivity contribution is 6.45. The minimum absolute atomic E-state index is 0. The molecule has 5 rings (SSSR count). The van der Waals surface area contributed by atoms with Gasteiger partial charge in [0, 0.05) is 44.1 Å². The van der Waals surface area contributed by atoms with Crippen LogP contribution in [-0.2, 0) is 23.9 Å². The molecule has 0 bridgehead atoms. The molecule has 2 amide bonds. The van der Waals surface area contributed by atoms with E-state index in [9.17, 15) is 19.4 Å². The summed E-state index contributed by atoms with van der Waals surface area (Å²) in [6.07, 6.45) is 10.9. The summed E-state index contributed by atoms with van der Waals surface area (Å²) < 4.78 is 10.5. The molecule has 2 aliphatic heterocycles. The van der Waals surface area contributed by atoms with Crippen molar-refractivity contribution in [1.82, 2.24) is 20.3 Å². The predicted molar refractivity (Wildman–Crippen MR) is 185 cm³/mol. The Balaban J connectivity index is 0.000000246. The van der Waals surface area contributed by atoms with Crippen molar-refractivity contribution in [2.75, 3.05) is 52.6 Å². The number of carboxylic acids is 1. The Labute approximate surface area is 288 Å². The summed E-state index contributed by atoms with van der Waals surface area (Å²) in [5.74, 6) is 0.166. The van der Waals surface area contributed by atoms with Gasteiger partial charge >= 0.3 is 20.1 Å². The molecule has 7 N–H and O–H groups in total. The molecule has 2 heterocycles. The molecule has 0 radical (unpaired) electrons. The van der Waals surface area contributed by atoms with E-state index in [0.717, 1.165) is 103 Å². The van der Waals surface area contributed by atoms with Crippen LogP contribution < -0.4 is 16.2 Å². The molecule has 0 spiro atoms. The third kappa shape index (κ3) is 15.3. The van der Waals surface area contributed by atoms with Crippen molar-refractivity contribution in [2.45, 2.75) is 109 Å². The largest absolute Gasteiger partial charge is 0.481 e. The maximum absolute atomic E-state index is 12.3. The molecule has 3 saturated carbocycles. The van der Waals surface area contributed by atoms with Gasteiger partial charge < -0.3 is 50.6 Å². The van der Waals surface area contributed by atoms with E-state index in [1.54, 1.807) is 13.6 Å². The van der Waals surface area contributed by atoms with Crippen molar-refractivity contribution in [2.24, 2.45) is 23.5 Å². The fraction of sp³-hybridized carbons (Fsp3) is 0.903. The van der Waals surface area contributed by atoms with Gasteiger partial charge in [0.05, 0.1) is 32.3 Å². The molecule has 0 unspecified atom stereocenters. The standard InChI is InChI=1S/C12H23BN2O3.C11H20N2O2.C8H16BNO3.ClH/c1-13(17)14-11-4-2-10(3-5-11)12(16)15-6-8-18-9-7-15;12-10-3-1-9(2-4-10)11(14)13-5-7-15-8-6-13;1-9(13)10-7-4-2-6(3-5-7)8(11)12;/h10-11,14,17H,2-9H2,1H3;9-10H,1-8,12H2;6-7,10,13H,2-5H2,1H3,(H,11,12);1H. The van der Waals surface area contributed by atoms with Crippen LogP contribution >= 0.6 is 12.4 Å². The van der Waals surface area contributed by atoms with Crippen LogP contribution in [0.15, 0.2) is 0 Å². The average molecular weight is 688 g/mol. The first-order valence-corrected chi connectivity index (χ1v) is 17.6. The highest BCUT2D eigenvalue weighted by atomic mass is 35.5.